The molecule has 1 unspecified atom stereocenters. The normalized spacial score (nSPS) is 14.5. The van der Waals surface area contributed by atoms with Crippen molar-refractivity contribution in [2.75, 3.05) is 0 Å². The molecule has 0 radical (unpaired) electrons. The lowest BCUT2D eigenvalue weighted by molar-refractivity contribution is 0.392. The second-order valence-electron chi connectivity index (χ2n) is 3.88. The lowest BCUT2D eigenvalue weighted by Crippen LogP contribution is -2.03. The molecule has 0 bridgehead atoms. The second kappa shape index (κ2) is 5.83. The number of rotatable bonds is 4. The zero-order valence-electron chi connectivity index (χ0n) is 8.59. The van der Waals surface area contributed by atoms with Gasteiger partial charge in [0.05, 0.1) is 6.07 Å². The quantitative estimate of drug-likeness (QED) is 0.585. The average molecular weight is 165 g/mol. The van der Waals surface area contributed by atoms with E-state index in [-0.39, 0.29) is 0 Å². The third-order valence-corrected chi connectivity index (χ3v) is 2.44. The zero-order chi connectivity index (χ0) is 9.56. The third-order valence-electron chi connectivity index (χ3n) is 2.44. The van der Waals surface area contributed by atoms with Crippen LogP contribution >= 0.6 is 0 Å². The van der Waals surface area contributed by atoms with Gasteiger partial charge in [-0.05, 0) is 31.6 Å². The van der Waals surface area contributed by atoms with E-state index in [1.165, 1.54) is 12.0 Å². The van der Waals surface area contributed by atoms with E-state index >= 15 is 0 Å². The minimum absolute atomic E-state index is 0.750. The van der Waals surface area contributed by atoms with E-state index in [4.69, 9.17) is 5.26 Å². The molecule has 0 aliphatic rings. The first-order chi connectivity index (χ1) is 5.57. The smallest absolute Gasteiger partial charge is 0.0911 e. The monoisotopic (exact) mass is 165 g/mol. The minimum Gasteiger partial charge on any atom is -0.193 e. The van der Waals surface area contributed by atoms with E-state index in [1.54, 1.807) is 6.08 Å². The van der Waals surface area contributed by atoms with E-state index in [2.05, 4.69) is 26.8 Å². The summed E-state index contributed by atoms with van der Waals surface area (Å²) in [6, 6.07) is 2.06. The summed E-state index contributed by atoms with van der Waals surface area (Å²) < 4.78 is 0. The molecular weight excluding hydrogens is 146 g/mol. The van der Waals surface area contributed by atoms with Gasteiger partial charge in [-0.1, -0.05) is 26.3 Å². The van der Waals surface area contributed by atoms with Crippen molar-refractivity contribution in [3.8, 4) is 6.07 Å². The van der Waals surface area contributed by atoms with E-state index in [0.717, 1.165) is 18.3 Å². The number of nitriles is 1. The van der Waals surface area contributed by atoms with Gasteiger partial charge >= 0.3 is 0 Å². The molecule has 0 aromatic heterocycles. The van der Waals surface area contributed by atoms with Crippen molar-refractivity contribution in [3.63, 3.8) is 0 Å². The summed E-state index contributed by atoms with van der Waals surface area (Å²) in [7, 11) is 0. The van der Waals surface area contributed by atoms with Gasteiger partial charge in [0.15, 0.2) is 0 Å². The van der Waals surface area contributed by atoms with E-state index in [0.29, 0.717) is 0 Å². The van der Waals surface area contributed by atoms with Crippen LogP contribution in [0.5, 0.6) is 0 Å². The lowest BCUT2D eigenvalue weighted by Gasteiger charge is -2.14. The molecule has 0 N–H and O–H groups in total. The zero-order valence-corrected chi connectivity index (χ0v) is 8.59. The Balaban J connectivity index is 3.70. The molecule has 0 aromatic carbocycles. The summed E-state index contributed by atoms with van der Waals surface area (Å²) in [5.74, 6) is 1.51. The summed E-state index contributed by atoms with van der Waals surface area (Å²) in [5, 5.41) is 8.38. The highest BCUT2D eigenvalue weighted by molar-refractivity contribution is 5.10. The van der Waals surface area contributed by atoms with E-state index < -0.39 is 0 Å². The molecule has 0 heterocycles. The molecule has 0 aliphatic heterocycles. The Kier molecular flexibility index (Phi) is 5.45. The third kappa shape index (κ3) is 4.96. The van der Waals surface area contributed by atoms with Gasteiger partial charge in [-0.25, -0.2) is 0 Å². The highest BCUT2D eigenvalue weighted by atomic mass is 14.2. The number of allylic oxidation sites excluding steroid dienone is 2. The number of hydrogen-bond acceptors (Lipinski definition) is 1. The van der Waals surface area contributed by atoms with Crippen molar-refractivity contribution in [2.24, 2.45) is 11.8 Å². The molecule has 12 heavy (non-hydrogen) atoms. The average Bonchev–Trinajstić information content (AvgIpc) is 2.00. The van der Waals surface area contributed by atoms with Crippen LogP contribution in [0.15, 0.2) is 11.6 Å². The van der Waals surface area contributed by atoms with Crippen LogP contribution in [0.25, 0.3) is 0 Å². The predicted octanol–water partition coefficient (Wildman–Crippen LogP) is 3.53. The van der Waals surface area contributed by atoms with Crippen LogP contribution in [0.3, 0.4) is 0 Å². The second-order valence-corrected chi connectivity index (χ2v) is 3.88. The van der Waals surface area contributed by atoms with Crippen LogP contribution in [0.1, 0.15) is 40.5 Å². The van der Waals surface area contributed by atoms with Gasteiger partial charge in [0.25, 0.3) is 0 Å². The first kappa shape index (κ1) is 11.2. The molecule has 68 valence electrons. The van der Waals surface area contributed by atoms with Crippen LogP contribution in [0, 0.1) is 23.2 Å². The van der Waals surface area contributed by atoms with Crippen LogP contribution < -0.4 is 0 Å². The van der Waals surface area contributed by atoms with Gasteiger partial charge < -0.3 is 0 Å². The molecule has 1 atom stereocenters. The fraction of sp³-hybridized carbons (Fsp3) is 0.727. The maximum absolute atomic E-state index is 8.38. The Hall–Kier alpha value is -0.770. The molecule has 1 nitrogen and oxygen atoms in total. The summed E-state index contributed by atoms with van der Waals surface area (Å²) in [6.07, 6.45) is 3.90. The Morgan fingerprint density at radius 2 is 2.00 bits per heavy atom. The van der Waals surface area contributed by atoms with E-state index in [9.17, 15) is 0 Å². The standard InChI is InChI=1S/C11H19N/c1-9(2)11(4)6-5-10(3)7-8-12/h7,9,11H,5-6H2,1-4H3/b10-7+. The number of hydrogen-bond donors (Lipinski definition) is 0. The molecule has 0 aromatic rings. The van der Waals surface area contributed by atoms with Crippen molar-refractivity contribution in [1.29, 1.82) is 5.26 Å². The maximum Gasteiger partial charge on any atom is 0.0911 e. The Morgan fingerprint density at radius 1 is 1.42 bits per heavy atom. The predicted molar refractivity (Wildman–Crippen MR) is 52.6 cm³/mol. The largest absolute Gasteiger partial charge is 0.193 e. The van der Waals surface area contributed by atoms with Crippen molar-refractivity contribution >= 4 is 0 Å². The van der Waals surface area contributed by atoms with Crippen molar-refractivity contribution in [1.82, 2.24) is 0 Å². The summed E-state index contributed by atoms with van der Waals surface area (Å²) in [5.41, 5.74) is 1.20. The van der Waals surface area contributed by atoms with Gasteiger partial charge in [0, 0.05) is 6.08 Å². The molecule has 0 amide bonds. The fourth-order valence-electron chi connectivity index (χ4n) is 0.971. The molecule has 0 fully saturated rings. The summed E-state index contributed by atoms with van der Waals surface area (Å²) in [6.45, 7) is 8.78. The minimum atomic E-state index is 0.750. The molecular formula is C11H19N. The molecule has 0 saturated carbocycles. The van der Waals surface area contributed by atoms with Gasteiger partial charge in [-0.3, -0.25) is 0 Å². The topological polar surface area (TPSA) is 23.8 Å². The molecule has 0 aliphatic carbocycles. The Labute approximate surface area is 76.1 Å². The molecule has 0 spiro atoms. The Bertz CT molecular complexity index is 184. The van der Waals surface area contributed by atoms with Crippen LogP contribution in [0.2, 0.25) is 0 Å². The van der Waals surface area contributed by atoms with Crippen LogP contribution in [-0.2, 0) is 0 Å². The van der Waals surface area contributed by atoms with Crippen molar-refractivity contribution in [3.05, 3.63) is 11.6 Å². The van der Waals surface area contributed by atoms with Crippen molar-refractivity contribution < 1.29 is 0 Å². The molecule has 0 rings (SSSR count). The number of nitrogens with zero attached hydrogens (tertiary/aromatic N) is 1. The SMILES string of the molecule is C/C(=C\C#N)CCC(C)C(C)C. The highest BCUT2D eigenvalue weighted by Gasteiger charge is 2.06. The Morgan fingerprint density at radius 3 is 2.42 bits per heavy atom. The molecule has 0 saturated heterocycles. The van der Waals surface area contributed by atoms with E-state index in [1.807, 2.05) is 6.92 Å². The van der Waals surface area contributed by atoms with Gasteiger partial charge in [0.2, 0.25) is 0 Å². The lowest BCUT2D eigenvalue weighted by atomic mass is 9.92. The summed E-state index contributed by atoms with van der Waals surface area (Å²) >= 11 is 0. The maximum atomic E-state index is 8.38. The van der Waals surface area contributed by atoms with Crippen LogP contribution in [0.4, 0.5) is 0 Å². The summed E-state index contributed by atoms with van der Waals surface area (Å²) in [4.78, 5) is 0. The van der Waals surface area contributed by atoms with Gasteiger partial charge in [-0.2, -0.15) is 5.26 Å². The van der Waals surface area contributed by atoms with Crippen LogP contribution in [-0.4, -0.2) is 0 Å². The fourth-order valence-corrected chi connectivity index (χ4v) is 0.971. The van der Waals surface area contributed by atoms with Gasteiger partial charge in [-0.15, -0.1) is 0 Å². The molecule has 1 heteroatoms. The first-order valence-electron chi connectivity index (χ1n) is 4.63. The van der Waals surface area contributed by atoms with Gasteiger partial charge in [0.1, 0.15) is 0 Å². The van der Waals surface area contributed by atoms with Crippen molar-refractivity contribution in [2.45, 2.75) is 40.5 Å². The highest BCUT2D eigenvalue weighted by Crippen LogP contribution is 2.18. The first-order valence-corrected chi connectivity index (χ1v) is 4.63.